The summed E-state index contributed by atoms with van der Waals surface area (Å²) in [5, 5.41) is 5.58. The number of hydrogen-bond donors (Lipinski definition) is 2. The molecule has 0 aliphatic heterocycles. The average Bonchev–Trinajstić information content (AvgIpc) is 3.30. The van der Waals surface area contributed by atoms with Gasteiger partial charge in [0.1, 0.15) is 11.5 Å². The van der Waals surface area contributed by atoms with Gasteiger partial charge in [0.15, 0.2) is 9.84 Å². The van der Waals surface area contributed by atoms with E-state index in [4.69, 9.17) is 4.42 Å². The lowest BCUT2D eigenvalue weighted by molar-refractivity contribution is -0.118. The van der Waals surface area contributed by atoms with Gasteiger partial charge in [-0.15, -0.1) is 0 Å². The Balaban J connectivity index is 1.83. The van der Waals surface area contributed by atoms with Crippen LogP contribution in [0.1, 0.15) is 46.6 Å². The molecule has 172 valence electrons. The van der Waals surface area contributed by atoms with Crippen molar-refractivity contribution in [3.05, 3.63) is 95.1 Å². The number of carbonyl (C=O) groups is 2. The molecule has 0 unspecified atom stereocenters. The molecule has 1 atom stereocenters. The van der Waals surface area contributed by atoms with Gasteiger partial charge in [-0.05, 0) is 55.3 Å². The molecule has 2 N–H and O–H groups in total. The number of aryl methyl sites for hydroxylation is 1. The van der Waals surface area contributed by atoms with Crippen molar-refractivity contribution in [3.63, 3.8) is 0 Å². The van der Waals surface area contributed by atoms with Crippen molar-refractivity contribution in [3.8, 4) is 0 Å². The highest BCUT2D eigenvalue weighted by atomic mass is 32.2. The summed E-state index contributed by atoms with van der Waals surface area (Å²) >= 11 is 0. The first kappa shape index (κ1) is 24.0. The second-order valence-electron chi connectivity index (χ2n) is 7.67. The van der Waals surface area contributed by atoms with Crippen molar-refractivity contribution in [2.75, 3.05) is 6.26 Å². The van der Waals surface area contributed by atoms with Crippen LogP contribution in [-0.4, -0.2) is 26.5 Å². The van der Waals surface area contributed by atoms with Gasteiger partial charge in [0, 0.05) is 17.9 Å². The predicted octanol–water partition coefficient (Wildman–Crippen LogP) is 4.03. The van der Waals surface area contributed by atoms with E-state index in [0.29, 0.717) is 17.7 Å². The van der Waals surface area contributed by atoms with Crippen molar-refractivity contribution in [1.29, 1.82) is 0 Å². The molecular weight excluding hydrogens is 440 g/mol. The molecule has 33 heavy (non-hydrogen) atoms. The molecule has 0 radical (unpaired) electrons. The van der Waals surface area contributed by atoms with E-state index in [1.165, 1.54) is 24.5 Å². The SMILES string of the molecule is CC[C@H](NC(=O)/C(=C/c1ccco1)NC(=O)c1ccc(C)cc1)c1ccc(S(C)(=O)=O)cc1. The monoisotopic (exact) mass is 466 g/mol. The molecule has 1 heterocycles. The van der Waals surface area contributed by atoms with E-state index in [9.17, 15) is 18.0 Å². The number of amides is 2. The summed E-state index contributed by atoms with van der Waals surface area (Å²) < 4.78 is 28.7. The highest BCUT2D eigenvalue weighted by molar-refractivity contribution is 7.90. The molecule has 2 amide bonds. The van der Waals surface area contributed by atoms with Crippen molar-refractivity contribution >= 4 is 27.7 Å². The standard InChI is InChI=1S/C25H26N2O5S/c1-4-22(18-11-13-21(14-12-18)33(3,30)31)26-25(29)23(16-20-6-5-15-32-20)27-24(28)19-9-7-17(2)8-10-19/h5-16,22H,4H2,1-3H3,(H,26,29)(H,27,28)/b23-16-/t22-/m0/s1. The molecule has 0 spiro atoms. The van der Waals surface area contributed by atoms with E-state index in [1.807, 2.05) is 26.0 Å². The van der Waals surface area contributed by atoms with Crippen LogP contribution >= 0.6 is 0 Å². The number of furan rings is 1. The number of rotatable bonds is 8. The molecule has 7 nitrogen and oxygen atoms in total. The van der Waals surface area contributed by atoms with Gasteiger partial charge >= 0.3 is 0 Å². The summed E-state index contributed by atoms with van der Waals surface area (Å²) in [5.41, 5.74) is 2.22. The lowest BCUT2D eigenvalue weighted by Gasteiger charge is -2.19. The summed E-state index contributed by atoms with van der Waals surface area (Å²) in [4.78, 5) is 26.1. The Bertz CT molecular complexity index is 1240. The summed E-state index contributed by atoms with van der Waals surface area (Å²) in [7, 11) is -3.31. The number of hydrogen-bond acceptors (Lipinski definition) is 5. The Labute approximate surface area is 193 Å². The molecule has 0 aliphatic carbocycles. The first-order valence-corrected chi connectivity index (χ1v) is 12.3. The van der Waals surface area contributed by atoms with Crippen LogP contribution in [0.3, 0.4) is 0 Å². The first-order chi connectivity index (χ1) is 15.7. The summed E-state index contributed by atoms with van der Waals surface area (Å²) in [6.07, 6.45) is 4.63. The molecule has 0 fully saturated rings. The van der Waals surface area contributed by atoms with E-state index in [-0.39, 0.29) is 16.6 Å². The van der Waals surface area contributed by atoms with Gasteiger partial charge in [0.2, 0.25) is 0 Å². The summed E-state index contributed by atoms with van der Waals surface area (Å²) in [6, 6.07) is 16.3. The van der Waals surface area contributed by atoms with Crippen LogP contribution < -0.4 is 10.6 Å². The van der Waals surface area contributed by atoms with Gasteiger partial charge in [0.05, 0.1) is 17.2 Å². The fraction of sp³-hybridized carbons (Fsp3) is 0.200. The van der Waals surface area contributed by atoms with E-state index < -0.39 is 21.7 Å². The Kier molecular flexibility index (Phi) is 7.50. The second kappa shape index (κ2) is 10.3. The highest BCUT2D eigenvalue weighted by Crippen LogP contribution is 2.20. The second-order valence-corrected chi connectivity index (χ2v) is 9.68. The maximum atomic E-state index is 13.1. The van der Waals surface area contributed by atoms with Crippen molar-refractivity contribution in [2.45, 2.75) is 31.2 Å². The predicted molar refractivity (Wildman–Crippen MR) is 126 cm³/mol. The van der Waals surface area contributed by atoms with Crippen LogP contribution in [0.2, 0.25) is 0 Å². The third-order valence-corrected chi connectivity index (χ3v) is 6.19. The van der Waals surface area contributed by atoms with Crippen LogP contribution in [0.15, 0.2) is 81.9 Å². The minimum atomic E-state index is -3.31. The molecule has 0 saturated heterocycles. The van der Waals surface area contributed by atoms with E-state index in [1.54, 1.807) is 36.4 Å². The number of benzene rings is 2. The third kappa shape index (κ3) is 6.43. The van der Waals surface area contributed by atoms with Gasteiger partial charge in [-0.25, -0.2) is 8.42 Å². The maximum Gasteiger partial charge on any atom is 0.268 e. The zero-order valence-electron chi connectivity index (χ0n) is 18.7. The smallest absolute Gasteiger partial charge is 0.268 e. The zero-order valence-corrected chi connectivity index (χ0v) is 19.5. The van der Waals surface area contributed by atoms with Crippen LogP contribution in [-0.2, 0) is 14.6 Å². The lowest BCUT2D eigenvalue weighted by Crippen LogP contribution is -2.36. The van der Waals surface area contributed by atoms with Gasteiger partial charge in [-0.3, -0.25) is 9.59 Å². The van der Waals surface area contributed by atoms with Gasteiger partial charge < -0.3 is 15.1 Å². The quantitative estimate of drug-likeness (QED) is 0.488. The topological polar surface area (TPSA) is 105 Å². The lowest BCUT2D eigenvalue weighted by atomic mass is 10.0. The van der Waals surface area contributed by atoms with Gasteiger partial charge in [-0.1, -0.05) is 36.8 Å². The fourth-order valence-electron chi connectivity index (χ4n) is 3.18. The fourth-order valence-corrected chi connectivity index (χ4v) is 3.81. The minimum Gasteiger partial charge on any atom is -0.465 e. The molecule has 2 aromatic carbocycles. The largest absolute Gasteiger partial charge is 0.465 e. The number of sulfone groups is 1. The van der Waals surface area contributed by atoms with E-state index in [0.717, 1.165) is 17.4 Å². The van der Waals surface area contributed by atoms with Crippen LogP contribution in [0, 0.1) is 6.92 Å². The molecule has 3 aromatic rings. The van der Waals surface area contributed by atoms with Crippen molar-refractivity contribution in [1.82, 2.24) is 10.6 Å². The summed E-state index contributed by atoms with van der Waals surface area (Å²) in [6.45, 7) is 3.82. The Hall–Kier alpha value is -3.65. The highest BCUT2D eigenvalue weighted by Gasteiger charge is 2.20. The van der Waals surface area contributed by atoms with Crippen molar-refractivity contribution in [2.24, 2.45) is 0 Å². The van der Waals surface area contributed by atoms with Gasteiger partial charge in [0.25, 0.3) is 11.8 Å². The Morgan fingerprint density at radius 3 is 2.24 bits per heavy atom. The molecule has 0 saturated carbocycles. The number of carbonyl (C=O) groups excluding carboxylic acids is 2. The van der Waals surface area contributed by atoms with Gasteiger partial charge in [-0.2, -0.15) is 0 Å². The molecule has 1 aromatic heterocycles. The Morgan fingerprint density at radius 1 is 1.03 bits per heavy atom. The van der Waals surface area contributed by atoms with Crippen LogP contribution in [0.4, 0.5) is 0 Å². The van der Waals surface area contributed by atoms with Crippen LogP contribution in [0.5, 0.6) is 0 Å². The van der Waals surface area contributed by atoms with E-state index in [2.05, 4.69) is 10.6 Å². The zero-order chi connectivity index (χ0) is 24.0. The third-order valence-electron chi connectivity index (χ3n) is 5.06. The van der Waals surface area contributed by atoms with E-state index >= 15 is 0 Å². The molecule has 8 heteroatoms. The average molecular weight is 467 g/mol. The normalized spacial score (nSPS) is 12.8. The molecule has 0 aliphatic rings. The minimum absolute atomic E-state index is 0.0294. The molecule has 0 bridgehead atoms. The first-order valence-electron chi connectivity index (χ1n) is 10.4. The Morgan fingerprint density at radius 2 is 1.70 bits per heavy atom. The molecule has 3 rings (SSSR count). The van der Waals surface area contributed by atoms with Crippen LogP contribution in [0.25, 0.3) is 6.08 Å². The maximum absolute atomic E-state index is 13.1. The van der Waals surface area contributed by atoms with Crippen molar-refractivity contribution < 1.29 is 22.4 Å². The number of nitrogens with one attached hydrogen (secondary N) is 2. The summed E-state index contributed by atoms with van der Waals surface area (Å²) in [5.74, 6) is -0.505. The molecular formula is C25H26N2O5S.